The van der Waals surface area contributed by atoms with Crippen LogP contribution in [0.5, 0.6) is 0 Å². The molecule has 0 spiro atoms. The van der Waals surface area contributed by atoms with Gasteiger partial charge in [-0.2, -0.15) is 11.8 Å². The lowest BCUT2D eigenvalue weighted by molar-refractivity contribution is -0.121. The molecule has 0 aromatic rings. The van der Waals surface area contributed by atoms with Crippen molar-refractivity contribution in [3.05, 3.63) is 0 Å². The van der Waals surface area contributed by atoms with Gasteiger partial charge in [-0.25, -0.2) is 0 Å². The standard InChI is InChI=1S/C11H20N2OS/c1-15-5-4-11(14)13-10-6-8-2-3-9(7-10)12-8/h8-10,12H,2-7H2,1H3,(H,13,14). The second-order valence-corrected chi connectivity index (χ2v) is 5.60. The molecule has 2 heterocycles. The second-order valence-electron chi connectivity index (χ2n) is 4.62. The molecule has 2 rings (SSSR count). The Balaban J connectivity index is 1.73. The predicted molar refractivity (Wildman–Crippen MR) is 64.1 cm³/mol. The summed E-state index contributed by atoms with van der Waals surface area (Å²) < 4.78 is 0. The number of fused-ring (bicyclic) bond motifs is 2. The van der Waals surface area contributed by atoms with Gasteiger partial charge in [0.2, 0.25) is 5.91 Å². The fourth-order valence-electron chi connectivity index (χ4n) is 2.67. The van der Waals surface area contributed by atoms with E-state index in [2.05, 4.69) is 10.6 Å². The van der Waals surface area contributed by atoms with Gasteiger partial charge in [0.05, 0.1) is 0 Å². The maximum atomic E-state index is 11.6. The van der Waals surface area contributed by atoms with Crippen molar-refractivity contribution >= 4 is 17.7 Å². The second kappa shape index (κ2) is 5.21. The number of nitrogens with one attached hydrogen (secondary N) is 2. The summed E-state index contributed by atoms with van der Waals surface area (Å²) in [5.41, 5.74) is 0. The number of hydrogen-bond donors (Lipinski definition) is 2. The van der Waals surface area contributed by atoms with Crippen molar-refractivity contribution in [3.8, 4) is 0 Å². The minimum atomic E-state index is 0.232. The molecule has 2 bridgehead atoms. The van der Waals surface area contributed by atoms with Gasteiger partial charge < -0.3 is 10.6 Å². The van der Waals surface area contributed by atoms with Crippen LogP contribution in [0.15, 0.2) is 0 Å². The number of thioether (sulfide) groups is 1. The molecule has 1 amide bonds. The summed E-state index contributed by atoms with van der Waals surface area (Å²) in [6.45, 7) is 0. The van der Waals surface area contributed by atoms with Crippen molar-refractivity contribution < 1.29 is 4.79 Å². The molecule has 86 valence electrons. The van der Waals surface area contributed by atoms with Crippen LogP contribution in [0.1, 0.15) is 32.1 Å². The zero-order valence-electron chi connectivity index (χ0n) is 9.29. The summed E-state index contributed by atoms with van der Waals surface area (Å²) in [7, 11) is 0. The summed E-state index contributed by atoms with van der Waals surface area (Å²) in [4.78, 5) is 11.6. The van der Waals surface area contributed by atoms with Crippen LogP contribution in [0, 0.1) is 0 Å². The first kappa shape index (κ1) is 11.3. The van der Waals surface area contributed by atoms with Crippen molar-refractivity contribution in [1.29, 1.82) is 0 Å². The van der Waals surface area contributed by atoms with Crippen molar-refractivity contribution in [2.75, 3.05) is 12.0 Å². The van der Waals surface area contributed by atoms with Crippen molar-refractivity contribution in [1.82, 2.24) is 10.6 Å². The SMILES string of the molecule is CSCCC(=O)NC1CC2CCC(C1)N2. The zero-order chi connectivity index (χ0) is 10.7. The molecule has 15 heavy (non-hydrogen) atoms. The molecule has 0 aliphatic carbocycles. The van der Waals surface area contributed by atoms with Gasteiger partial charge >= 0.3 is 0 Å². The van der Waals surface area contributed by atoms with E-state index >= 15 is 0 Å². The van der Waals surface area contributed by atoms with Gasteiger partial charge in [0.1, 0.15) is 0 Å². The first-order valence-corrected chi connectivity index (χ1v) is 7.21. The zero-order valence-corrected chi connectivity index (χ0v) is 10.1. The summed E-state index contributed by atoms with van der Waals surface area (Å²) in [5, 5.41) is 6.74. The Hall–Kier alpha value is -0.220. The third-order valence-electron chi connectivity index (χ3n) is 3.37. The number of carbonyl (C=O) groups excluding carboxylic acids is 1. The molecule has 0 saturated carbocycles. The topological polar surface area (TPSA) is 41.1 Å². The molecule has 0 aromatic heterocycles. The summed E-state index contributed by atoms with van der Waals surface area (Å²) in [6, 6.07) is 1.75. The fraction of sp³-hybridized carbons (Fsp3) is 0.909. The maximum absolute atomic E-state index is 11.6. The molecule has 4 heteroatoms. The molecular formula is C11H20N2OS. The smallest absolute Gasteiger partial charge is 0.221 e. The van der Waals surface area contributed by atoms with Crippen molar-refractivity contribution in [2.45, 2.75) is 50.2 Å². The molecule has 2 N–H and O–H groups in total. The molecular weight excluding hydrogens is 208 g/mol. The number of carbonyl (C=O) groups is 1. The van der Waals surface area contributed by atoms with E-state index in [1.165, 1.54) is 12.8 Å². The predicted octanol–water partition coefficient (Wildman–Crippen LogP) is 1.14. The van der Waals surface area contributed by atoms with Crippen LogP contribution < -0.4 is 10.6 Å². The van der Waals surface area contributed by atoms with Crippen LogP contribution in [0.3, 0.4) is 0 Å². The lowest BCUT2D eigenvalue weighted by Crippen LogP contribution is -2.48. The fourth-order valence-corrected chi connectivity index (χ4v) is 3.06. The Morgan fingerprint density at radius 3 is 2.67 bits per heavy atom. The normalized spacial score (nSPS) is 34.1. The van der Waals surface area contributed by atoms with E-state index in [4.69, 9.17) is 0 Å². The molecule has 2 unspecified atom stereocenters. The van der Waals surface area contributed by atoms with Crippen molar-refractivity contribution in [3.63, 3.8) is 0 Å². The van der Waals surface area contributed by atoms with Crippen molar-refractivity contribution in [2.24, 2.45) is 0 Å². The highest BCUT2D eigenvalue weighted by Crippen LogP contribution is 2.26. The lowest BCUT2D eigenvalue weighted by Gasteiger charge is -2.29. The molecule has 0 radical (unpaired) electrons. The number of hydrogen-bond acceptors (Lipinski definition) is 3. The quantitative estimate of drug-likeness (QED) is 0.758. The average molecular weight is 228 g/mol. The van der Waals surface area contributed by atoms with Gasteiger partial charge in [0.15, 0.2) is 0 Å². The third-order valence-corrected chi connectivity index (χ3v) is 3.98. The van der Waals surface area contributed by atoms with Gasteiger partial charge in [-0.15, -0.1) is 0 Å². The summed E-state index contributed by atoms with van der Waals surface area (Å²) in [5.74, 6) is 1.17. The van der Waals surface area contributed by atoms with E-state index in [1.54, 1.807) is 11.8 Å². The van der Waals surface area contributed by atoms with Gasteiger partial charge in [0, 0.05) is 30.3 Å². The van der Waals surface area contributed by atoms with E-state index in [1.807, 2.05) is 6.26 Å². The van der Waals surface area contributed by atoms with E-state index in [0.29, 0.717) is 24.5 Å². The minimum Gasteiger partial charge on any atom is -0.353 e. The van der Waals surface area contributed by atoms with Gasteiger partial charge in [0.25, 0.3) is 0 Å². The Morgan fingerprint density at radius 2 is 2.07 bits per heavy atom. The lowest BCUT2D eigenvalue weighted by atomic mass is 10.00. The number of piperidine rings is 1. The summed E-state index contributed by atoms with van der Waals surface area (Å²) >= 11 is 1.73. The van der Waals surface area contributed by atoms with E-state index in [0.717, 1.165) is 18.6 Å². The van der Waals surface area contributed by atoms with E-state index in [9.17, 15) is 4.79 Å². The maximum Gasteiger partial charge on any atom is 0.221 e. The average Bonchev–Trinajstić information content (AvgIpc) is 2.55. The van der Waals surface area contributed by atoms with Crippen LogP contribution in [-0.4, -0.2) is 36.0 Å². The minimum absolute atomic E-state index is 0.232. The molecule has 0 aromatic carbocycles. The molecule has 2 atom stereocenters. The Kier molecular flexibility index (Phi) is 3.92. The highest BCUT2D eigenvalue weighted by atomic mass is 32.2. The summed E-state index contributed by atoms with van der Waals surface area (Å²) in [6.07, 6.45) is 7.55. The Labute approximate surface area is 95.8 Å². The molecule has 2 saturated heterocycles. The van der Waals surface area contributed by atoms with E-state index in [-0.39, 0.29) is 5.91 Å². The van der Waals surface area contributed by atoms with Crippen LogP contribution in [0.2, 0.25) is 0 Å². The van der Waals surface area contributed by atoms with Gasteiger partial charge in [-0.1, -0.05) is 0 Å². The monoisotopic (exact) mass is 228 g/mol. The first-order valence-electron chi connectivity index (χ1n) is 5.82. The molecule has 2 aliphatic rings. The molecule has 2 aliphatic heterocycles. The Morgan fingerprint density at radius 1 is 1.40 bits per heavy atom. The van der Waals surface area contributed by atoms with E-state index < -0.39 is 0 Å². The van der Waals surface area contributed by atoms with Gasteiger partial charge in [-0.05, 0) is 31.9 Å². The van der Waals surface area contributed by atoms with Crippen LogP contribution >= 0.6 is 11.8 Å². The highest BCUT2D eigenvalue weighted by Gasteiger charge is 2.33. The van der Waals surface area contributed by atoms with Crippen LogP contribution in [0.4, 0.5) is 0 Å². The van der Waals surface area contributed by atoms with Crippen LogP contribution in [-0.2, 0) is 4.79 Å². The Bertz CT molecular complexity index is 223. The molecule has 3 nitrogen and oxygen atoms in total. The van der Waals surface area contributed by atoms with Crippen LogP contribution in [0.25, 0.3) is 0 Å². The number of amides is 1. The highest BCUT2D eigenvalue weighted by molar-refractivity contribution is 7.98. The molecule has 2 fully saturated rings. The third kappa shape index (κ3) is 3.11. The van der Waals surface area contributed by atoms with Gasteiger partial charge in [-0.3, -0.25) is 4.79 Å². The number of rotatable bonds is 4. The largest absolute Gasteiger partial charge is 0.353 e. The first-order chi connectivity index (χ1) is 7.28.